The van der Waals surface area contributed by atoms with Gasteiger partial charge in [-0.3, -0.25) is 0 Å². The average Bonchev–Trinajstić information content (AvgIpc) is 2.70. The Kier molecular flexibility index (Phi) is 6.85. The SMILES string of the molecule is CCOc1ccc(/C=N/Nc2nc(Cl)cc(Nc3ccc(F)c(C(F)(F)F)c3)n2)cn1. The van der Waals surface area contributed by atoms with Gasteiger partial charge in [0.15, 0.2) is 0 Å². The molecule has 0 bridgehead atoms. The van der Waals surface area contributed by atoms with Crippen LogP contribution in [0, 0.1) is 5.82 Å². The standard InChI is InChI=1S/C19H15ClF4N6O/c1-2-31-17-6-3-11(9-25-17)10-26-30-18-28-15(20)8-16(29-18)27-12-4-5-14(21)13(7-12)19(22,23)24/h3-10H,2H2,1H3,(H2,27,28,29,30)/b26-10+. The predicted molar refractivity (Wildman–Crippen MR) is 108 cm³/mol. The molecule has 3 rings (SSSR count). The molecule has 0 atom stereocenters. The molecule has 0 spiro atoms. The summed E-state index contributed by atoms with van der Waals surface area (Å²) >= 11 is 5.94. The first-order valence-corrected chi connectivity index (χ1v) is 9.18. The van der Waals surface area contributed by atoms with E-state index in [1.165, 1.54) is 12.3 Å². The summed E-state index contributed by atoms with van der Waals surface area (Å²) in [5.41, 5.74) is 1.81. The summed E-state index contributed by atoms with van der Waals surface area (Å²) in [6, 6.07) is 7.20. The molecule has 0 saturated heterocycles. The summed E-state index contributed by atoms with van der Waals surface area (Å²) in [6.45, 7) is 2.35. The van der Waals surface area contributed by atoms with Crippen LogP contribution >= 0.6 is 11.6 Å². The largest absolute Gasteiger partial charge is 0.478 e. The molecular formula is C19H15ClF4N6O. The molecule has 0 aliphatic rings. The number of halogens is 5. The second-order valence-corrected chi connectivity index (χ2v) is 6.34. The van der Waals surface area contributed by atoms with Gasteiger partial charge in [0.05, 0.1) is 18.4 Å². The molecular weight excluding hydrogens is 440 g/mol. The lowest BCUT2D eigenvalue weighted by Gasteiger charge is -2.12. The zero-order valence-electron chi connectivity index (χ0n) is 15.9. The number of anilines is 3. The number of hydrogen-bond acceptors (Lipinski definition) is 7. The van der Waals surface area contributed by atoms with Crippen molar-refractivity contribution in [1.82, 2.24) is 15.0 Å². The van der Waals surface area contributed by atoms with E-state index in [1.54, 1.807) is 18.3 Å². The molecule has 0 radical (unpaired) electrons. The van der Waals surface area contributed by atoms with Gasteiger partial charge in [-0.15, -0.1) is 0 Å². The quantitative estimate of drug-likeness (QED) is 0.219. The number of alkyl halides is 3. The molecule has 0 fully saturated rings. The van der Waals surface area contributed by atoms with Crippen molar-refractivity contribution in [2.45, 2.75) is 13.1 Å². The molecule has 2 N–H and O–H groups in total. The maximum Gasteiger partial charge on any atom is 0.419 e. The minimum atomic E-state index is -4.83. The predicted octanol–water partition coefficient (Wildman–Crippen LogP) is 5.27. The van der Waals surface area contributed by atoms with Gasteiger partial charge in [-0.25, -0.2) is 14.8 Å². The van der Waals surface area contributed by atoms with Crippen molar-refractivity contribution in [3.05, 3.63) is 64.7 Å². The van der Waals surface area contributed by atoms with E-state index in [-0.39, 0.29) is 22.6 Å². The van der Waals surface area contributed by atoms with Gasteiger partial charge in [0.1, 0.15) is 16.8 Å². The van der Waals surface area contributed by atoms with E-state index in [0.29, 0.717) is 30.2 Å². The topological polar surface area (TPSA) is 84.3 Å². The fraction of sp³-hybridized carbons (Fsp3) is 0.158. The van der Waals surface area contributed by atoms with E-state index in [1.807, 2.05) is 6.92 Å². The molecule has 0 aliphatic carbocycles. The van der Waals surface area contributed by atoms with Gasteiger partial charge in [0.25, 0.3) is 0 Å². The highest BCUT2D eigenvalue weighted by atomic mass is 35.5. The zero-order chi connectivity index (χ0) is 22.4. The monoisotopic (exact) mass is 454 g/mol. The molecule has 2 aromatic heterocycles. The Hall–Kier alpha value is -3.47. The van der Waals surface area contributed by atoms with E-state index in [0.717, 1.165) is 6.07 Å². The van der Waals surface area contributed by atoms with Crippen LogP contribution in [0.15, 0.2) is 47.7 Å². The second-order valence-electron chi connectivity index (χ2n) is 5.95. The molecule has 31 heavy (non-hydrogen) atoms. The number of rotatable bonds is 7. The third kappa shape index (κ3) is 6.25. The minimum Gasteiger partial charge on any atom is -0.478 e. The van der Waals surface area contributed by atoms with Gasteiger partial charge in [0, 0.05) is 29.6 Å². The van der Waals surface area contributed by atoms with Crippen molar-refractivity contribution in [2.24, 2.45) is 5.10 Å². The van der Waals surface area contributed by atoms with E-state index in [9.17, 15) is 17.6 Å². The van der Waals surface area contributed by atoms with Gasteiger partial charge in [-0.2, -0.15) is 28.2 Å². The highest BCUT2D eigenvalue weighted by molar-refractivity contribution is 6.29. The van der Waals surface area contributed by atoms with Gasteiger partial charge >= 0.3 is 6.18 Å². The van der Waals surface area contributed by atoms with Crippen LogP contribution in [0.3, 0.4) is 0 Å². The molecule has 12 heteroatoms. The van der Waals surface area contributed by atoms with Crippen LogP contribution in [-0.2, 0) is 6.18 Å². The molecule has 0 amide bonds. The lowest BCUT2D eigenvalue weighted by Crippen LogP contribution is -2.09. The van der Waals surface area contributed by atoms with Crippen LogP contribution < -0.4 is 15.5 Å². The number of ether oxygens (including phenoxy) is 1. The first kappa shape index (κ1) is 22.2. The Bertz CT molecular complexity index is 1080. The second kappa shape index (κ2) is 9.56. The van der Waals surface area contributed by atoms with Gasteiger partial charge in [-0.1, -0.05) is 11.6 Å². The van der Waals surface area contributed by atoms with Crippen LogP contribution in [-0.4, -0.2) is 27.8 Å². The van der Waals surface area contributed by atoms with Crippen molar-refractivity contribution < 1.29 is 22.3 Å². The molecule has 0 aliphatic heterocycles. The maximum absolute atomic E-state index is 13.4. The van der Waals surface area contributed by atoms with Crippen molar-refractivity contribution in [1.29, 1.82) is 0 Å². The first-order valence-electron chi connectivity index (χ1n) is 8.81. The van der Waals surface area contributed by atoms with Gasteiger partial charge in [0.2, 0.25) is 11.8 Å². The van der Waals surface area contributed by atoms with E-state index >= 15 is 0 Å². The molecule has 0 saturated carbocycles. The fourth-order valence-electron chi connectivity index (χ4n) is 2.37. The highest BCUT2D eigenvalue weighted by Gasteiger charge is 2.34. The lowest BCUT2D eigenvalue weighted by atomic mass is 10.2. The Morgan fingerprint density at radius 2 is 1.97 bits per heavy atom. The van der Waals surface area contributed by atoms with Crippen LogP contribution in [0.4, 0.5) is 35.0 Å². The molecule has 162 valence electrons. The number of hydrazone groups is 1. The van der Waals surface area contributed by atoms with Crippen LogP contribution in [0.1, 0.15) is 18.1 Å². The van der Waals surface area contributed by atoms with Crippen molar-refractivity contribution in [3.8, 4) is 5.88 Å². The number of nitrogens with zero attached hydrogens (tertiary/aromatic N) is 4. The Morgan fingerprint density at radius 3 is 2.65 bits per heavy atom. The number of hydrogen-bond donors (Lipinski definition) is 2. The number of benzene rings is 1. The Morgan fingerprint density at radius 1 is 1.16 bits per heavy atom. The third-order valence-corrected chi connectivity index (χ3v) is 3.86. The highest BCUT2D eigenvalue weighted by Crippen LogP contribution is 2.33. The summed E-state index contributed by atoms with van der Waals surface area (Å²) in [4.78, 5) is 12.1. The Balaban J connectivity index is 1.72. The summed E-state index contributed by atoms with van der Waals surface area (Å²) in [6.07, 6.45) is -1.83. The molecule has 2 heterocycles. The van der Waals surface area contributed by atoms with Crippen molar-refractivity contribution >= 4 is 35.3 Å². The summed E-state index contributed by atoms with van der Waals surface area (Å²) in [7, 11) is 0. The molecule has 3 aromatic rings. The van der Waals surface area contributed by atoms with E-state index < -0.39 is 17.6 Å². The minimum absolute atomic E-state index is 0.0103. The van der Waals surface area contributed by atoms with Crippen molar-refractivity contribution in [3.63, 3.8) is 0 Å². The lowest BCUT2D eigenvalue weighted by molar-refractivity contribution is -0.139. The zero-order valence-corrected chi connectivity index (χ0v) is 16.7. The summed E-state index contributed by atoms with van der Waals surface area (Å²) in [5.74, 6) is -0.821. The molecule has 1 aromatic carbocycles. The number of pyridine rings is 1. The van der Waals surface area contributed by atoms with E-state index in [2.05, 4.69) is 30.8 Å². The first-order chi connectivity index (χ1) is 14.7. The maximum atomic E-state index is 13.4. The van der Waals surface area contributed by atoms with Crippen LogP contribution in [0.5, 0.6) is 5.88 Å². The van der Waals surface area contributed by atoms with Gasteiger partial charge in [-0.05, 0) is 31.2 Å². The molecule has 7 nitrogen and oxygen atoms in total. The van der Waals surface area contributed by atoms with E-state index in [4.69, 9.17) is 16.3 Å². The smallest absolute Gasteiger partial charge is 0.419 e. The summed E-state index contributed by atoms with van der Waals surface area (Å²) in [5, 5.41) is 6.61. The van der Waals surface area contributed by atoms with Crippen molar-refractivity contribution in [2.75, 3.05) is 17.3 Å². The number of aromatic nitrogens is 3. The van der Waals surface area contributed by atoms with Crippen LogP contribution in [0.25, 0.3) is 0 Å². The molecule has 0 unspecified atom stereocenters. The number of nitrogens with one attached hydrogen (secondary N) is 2. The summed E-state index contributed by atoms with van der Waals surface area (Å²) < 4.78 is 57.3. The normalized spacial score (nSPS) is 11.5. The van der Waals surface area contributed by atoms with Gasteiger partial charge < -0.3 is 10.1 Å². The fourth-order valence-corrected chi connectivity index (χ4v) is 2.55. The average molecular weight is 455 g/mol. The van der Waals surface area contributed by atoms with Crippen LogP contribution in [0.2, 0.25) is 5.15 Å². The Labute approximate surface area is 179 Å². The third-order valence-electron chi connectivity index (χ3n) is 3.67.